The third kappa shape index (κ3) is 1.87. The van der Waals surface area contributed by atoms with E-state index in [0.29, 0.717) is 11.1 Å². The lowest BCUT2D eigenvalue weighted by Crippen LogP contribution is -2.13. The molecule has 2 rings (SSSR count). The summed E-state index contributed by atoms with van der Waals surface area (Å²) in [5.41, 5.74) is 1.86. The minimum absolute atomic E-state index is 0.162. The van der Waals surface area contributed by atoms with E-state index in [-0.39, 0.29) is 11.1 Å². The van der Waals surface area contributed by atoms with Gasteiger partial charge in [0.25, 0.3) is 5.56 Å². The number of aromatic amines is 1. The summed E-state index contributed by atoms with van der Waals surface area (Å²) in [6.07, 6.45) is 0. The SMILES string of the molecule is Cc1[nH]n(C)c(=O)c1-c1cccc(C(=O)O)c1. The molecule has 0 fully saturated rings. The number of carbonyl (C=O) groups is 1. The van der Waals surface area contributed by atoms with E-state index in [9.17, 15) is 9.59 Å². The monoisotopic (exact) mass is 232 g/mol. The van der Waals surface area contributed by atoms with E-state index in [1.165, 1.54) is 16.8 Å². The number of H-pyrrole nitrogens is 1. The van der Waals surface area contributed by atoms with Gasteiger partial charge in [0.05, 0.1) is 11.1 Å². The number of nitrogens with one attached hydrogen (secondary N) is 1. The van der Waals surface area contributed by atoms with E-state index in [2.05, 4.69) is 5.10 Å². The highest BCUT2D eigenvalue weighted by Crippen LogP contribution is 2.19. The van der Waals surface area contributed by atoms with Crippen LogP contribution in [0.3, 0.4) is 0 Å². The fourth-order valence-electron chi connectivity index (χ4n) is 1.83. The molecule has 0 unspecified atom stereocenters. The Balaban J connectivity index is 2.65. The molecule has 5 heteroatoms. The third-order valence-corrected chi connectivity index (χ3v) is 2.63. The Morgan fingerprint density at radius 2 is 2.12 bits per heavy atom. The van der Waals surface area contributed by atoms with Gasteiger partial charge in [0.15, 0.2) is 0 Å². The van der Waals surface area contributed by atoms with Crippen LogP contribution in [0.15, 0.2) is 29.1 Å². The van der Waals surface area contributed by atoms with Crippen molar-refractivity contribution in [1.29, 1.82) is 0 Å². The topological polar surface area (TPSA) is 75.1 Å². The number of benzene rings is 1. The van der Waals surface area contributed by atoms with E-state index in [1.54, 1.807) is 26.1 Å². The number of nitrogens with zero attached hydrogens (tertiary/aromatic N) is 1. The number of hydrogen-bond donors (Lipinski definition) is 2. The quantitative estimate of drug-likeness (QED) is 0.821. The first-order valence-corrected chi connectivity index (χ1v) is 5.10. The summed E-state index contributed by atoms with van der Waals surface area (Å²) in [6.45, 7) is 1.78. The lowest BCUT2D eigenvalue weighted by Gasteiger charge is -2.00. The maximum atomic E-state index is 11.9. The molecule has 0 aliphatic carbocycles. The van der Waals surface area contributed by atoms with Gasteiger partial charge in [0.2, 0.25) is 0 Å². The summed E-state index contributed by atoms with van der Waals surface area (Å²) < 4.78 is 1.37. The van der Waals surface area contributed by atoms with Crippen molar-refractivity contribution in [3.63, 3.8) is 0 Å². The highest BCUT2D eigenvalue weighted by molar-refractivity contribution is 5.89. The molecule has 0 atom stereocenters. The van der Waals surface area contributed by atoms with E-state index >= 15 is 0 Å². The molecule has 0 aliphatic heterocycles. The molecule has 0 radical (unpaired) electrons. The van der Waals surface area contributed by atoms with Gasteiger partial charge in [-0.3, -0.25) is 14.6 Å². The molecule has 17 heavy (non-hydrogen) atoms. The summed E-state index contributed by atoms with van der Waals surface area (Å²) in [5, 5.41) is 11.8. The molecule has 2 N–H and O–H groups in total. The fraction of sp³-hybridized carbons (Fsp3) is 0.167. The standard InChI is InChI=1S/C12H12N2O3/c1-7-10(11(15)14(2)13-7)8-4-3-5-9(6-8)12(16)17/h3-6,13H,1-2H3,(H,16,17). The van der Waals surface area contributed by atoms with E-state index in [0.717, 1.165) is 5.69 Å². The largest absolute Gasteiger partial charge is 0.478 e. The highest BCUT2D eigenvalue weighted by atomic mass is 16.4. The molecule has 88 valence electrons. The van der Waals surface area contributed by atoms with Gasteiger partial charge >= 0.3 is 5.97 Å². The third-order valence-electron chi connectivity index (χ3n) is 2.63. The zero-order valence-corrected chi connectivity index (χ0v) is 9.52. The van der Waals surface area contributed by atoms with Gasteiger partial charge in [0.1, 0.15) is 0 Å². The number of rotatable bonds is 2. The van der Waals surface area contributed by atoms with Crippen molar-refractivity contribution >= 4 is 5.97 Å². The Morgan fingerprint density at radius 1 is 1.41 bits per heavy atom. The van der Waals surface area contributed by atoms with Crippen LogP contribution < -0.4 is 5.56 Å². The van der Waals surface area contributed by atoms with Gasteiger partial charge in [-0.2, -0.15) is 0 Å². The van der Waals surface area contributed by atoms with Crippen LogP contribution in [0.2, 0.25) is 0 Å². The lowest BCUT2D eigenvalue weighted by atomic mass is 10.0. The maximum Gasteiger partial charge on any atom is 0.335 e. The van der Waals surface area contributed by atoms with Gasteiger partial charge in [-0.15, -0.1) is 0 Å². The van der Waals surface area contributed by atoms with Crippen LogP contribution >= 0.6 is 0 Å². The van der Waals surface area contributed by atoms with Crippen LogP contribution in [0, 0.1) is 6.92 Å². The molecule has 0 bridgehead atoms. The van der Waals surface area contributed by atoms with Crippen molar-refractivity contribution in [1.82, 2.24) is 9.78 Å². The number of carboxylic acids is 1. The average Bonchev–Trinajstić information content (AvgIpc) is 2.53. The van der Waals surface area contributed by atoms with Crippen LogP contribution in [0.25, 0.3) is 11.1 Å². The molecule has 0 saturated heterocycles. The first-order valence-electron chi connectivity index (χ1n) is 5.10. The first-order chi connectivity index (χ1) is 8.00. The van der Waals surface area contributed by atoms with Crippen molar-refractivity contribution in [3.8, 4) is 11.1 Å². The summed E-state index contributed by atoms with van der Waals surface area (Å²) in [5.74, 6) is -1.00. The van der Waals surface area contributed by atoms with E-state index < -0.39 is 5.97 Å². The van der Waals surface area contributed by atoms with Gasteiger partial charge < -0.3 is 5.11 Å². The lowest BCUT2D eigenvalue weighted by molar-refractivity contribution is 0.0697. The smallest absolute Gasteiger partial charge is 0.335 e. The van der Waals surface area contributed by atoms with Crippen LogP contribution in [0.5, 0.6) is 0 Å². The Labute approximate surface area is 97.3 Å². The molecule has 1 aromatic heterocycles. The number of aromatic carboxylic acids is 1. The van der Waals surface area contributed by atoms with E-state index in [1.807, 2.05) is 0 Å². The molecule has 0 saturated carbocycles. The molecule has 0 aliphatic rings. The second-order valence-corrected chi connectivity index (χ2v) is 3.86. The van der Waals surface area contributed by atoms with Crippen molar-refractivity contribution in [2.75, 3.05) is 0 Å². The summed E-state index contributed by atoms with van der Waals surface area (Å²) >= 11 is 0. The molecule has 5 nitrogen and oxygen atoms in total. The van der Waals surface area contributed by atoms with Crippen LogP contribution in [0.4, 0.5) is 0 Å². The van der Waals surface area contributed by atoms with Crippen molar-refractivity contribution in [2.24, 2.45) is 7.05 Å². The average molecular weight is 232 g/mol. The number of carboxylic acid groups (broad SMARTS) is 1. The summed E-state index contributed by atoms with van der Waals surface area (Å²) in [7, 11) is 1.62. The second-order valence-electron chi connectivity index (χ2n) is 3.86. The molecular weight excluding hydrogens is 220 g/mol. The summed E-state index contributed by atoms with van der Waals surface area (Å²) in [6, 6.07) is 6.35. The predicted octanol–water partition coefficient (Wildman–Crippen LogP) is 1.39. The van der Waals surface area contributed by atoms with Crippen LogP contribution in [-0.4, -0.2) is 20.9 Å². The van der Waals surface area contributed by atoms with Crippen molar-refractivity contribution < 1.29 is 9.90 Å². The Hall–Kier alpha value is -2.30. The maximum absolute atomic E-state index is 11.9. The molecule has 2 aromatic rings. The zero-order chi connectivity index (χ0) is 12.6. The van der Waals surface area contributed by atoms with Gasteiger partial charge in [-0.05, 0) is 24.6 Å². The minimum atomic E-state index is -1.00. The second kappa shape index (κ2) is 3.93. The minimum Gasteiger partial charge on any atom is -0.478 e. The molecule has 1 heterocycles. The van der Waals surface area contributed by atoms with Gasteiger partial charge in [-0.1, -0.05) is 12.1 Å². The van der Waals surface area contributed by atoms with E-state index in [4.69, 9.17) is 5.11 Å². The normalized spacial score (nSPS) is 10.5. The first kappa shape index (κ1) is 11.2. The van der Waals surface area contributed by atoms with Crippen molar-refractivity contribution in [3.05, 3.63) is 45.9 Å². The molecule has 0 spiro atoms. The number of hydrogen-bond acceptors (Lipinski definition) is 2. The Morgan fingerprint density at radius 3 is 2.65 bits per heavy atom. The molecule has 0 amide bonds. The molecular formula is C12H12N2O3. The van der Waals surface area contributed by atoms with Crippen molar-refractivity contribution in [2.45, 2.75) is 6.92 Å². The highest BCUT2D eigenvalue weighted by Gasteiger charge is 2.12. The van der Waals surface area contributed by atoms with Gasteiger partial charge in [-0.25, -0.2) is 4.79 Å². The Kier molecular flexibility index (Phi) is 2.59. The molecule has 1 aromatic carbocycles. The van der Waals surface area contributed by atoms with Gasteiger partial charge in [0, 0.05) is 12.7 Å². The zero-order valence-electron chi connectivity index (χ0n) is 9.52. The fourth-order valence-corrected chi connectivity index (χ4v) is 1.83. The number of aryl methyl sites for hydroxylation is 2. The van der Waals surface area contributed by atoms with Crippen LogP contribution in [0.1, 0.15) is 16.1 Å². The predicted molar refractivity (Wildman–Crippen MR) is 63.2 cm³/mol. The summed E-state index contributed by atoms with van der Waals surface area (Å²) in [4.78, 5) is 22.7. The van der Waals surface area contributed by atoms with Crippen LogP contribution in [-0.2, 0) is 7.05 Å². The Bertz CT molecular complexity index is 637. The number of aromatic nitrogens is 2.